The highest BCUT2D eigenvalue weighted by molar-refractivity contribution is 6.17. The maximum atomic E-state index is 12.0. The molecular formula is C12H18ClNO2. The first-order valence-corrected chi connectivity index (χ1v) is 6.70. The number of carbonyl (C=O) groups excluding carboxylic acids is 2. The normalized spacial score (nSPS) is 29.7. The Morgan fingerprint density at radius 2 is 1.62 bits per heavy atom. The molecule has 1 aliphatic carbocycles. The van der Waals surface area contributed by atoms with Gasteiger partial charge in [0.25, 0.3) is 0 Å². The quantitative estimate of drug-likeness (QED) is 0.431. The fraction of sp³-hybridized carbons (Fsp3) is 0.833. The molecule has 0 aromatic carbocycles. The van der Waals surface area contributed by atoms with Crippen LogP contribution in [0.5, 0.6) is 0 Å². The van der Waals surface area contributed by atoms with E-state index in [9.17, 15) is 9.59 Å². The fourth-order valence-corrected chi connectivity index (χ4v) is 3.00. The average molecular weight is 244 g/mol. The number of hydrogen-bond acceptors (Lipinski definition) is 2. The molecule has 2 amide bonds. The van der Waals surface area contributed by atoms with Crippen LogP contribution in [0.3, 0.4) is 0 Å². The smallest absolute Gasteiger partial charge is 0.233 e. The van der Waals surface area contributed by atoms with Gasteiger partial charge < -0.3 is 0 Å². The highest BCUT2D eigenvalue weighted by atomic mass is 35.5. The molecule has 2 fully saturated rings. The zero-order chi connectivity index (χ0) is 11.5. The van der Waals surface area contributed by atoms with Crippen molar-refractivity contribution >= 4 is 23.4 Å². The molecular weight excluding hydrogens is 226 g/mol. The number of fused-ring (bicyclic) bond motifs is 1. The van der Waals surface area contributed by atoms with Crippen molar-refractivity contribution in [3.8, 4) is 0 Å². The van der Waals surface area contributed by atoms with Crippen LogP contribution in [0.1, 0.15) is 38.5 Å². The maximum Gasteiger partial charge on any atom is 0.233 e. The van der Waals surface area contributed by atoms with E-state index in [1.807, 2.05) is 0 Å². The van der Waals surface area contributed by atoms with Crippen molar-refractivity contribution < 1.29 is 9.59 Å². The van der Waals surface area contributed by atoms with E-state index < -0.39 is 0 Å². The Balaban J connectivity index is 1.98. The summed E-state index contributed by atoms with van der Waals surface area (Å²) in [6.45, 7) is 0.567. The molecule has 2 atom stereocenters. The first kappa shape index (κ1) is 11.9. The zero-order valence-electron chi connectivity index (χ0n) is 9.45. The van der Waals surface area contributed by atoms with Crippen molar-refractivity contribution in [3.63, 3.8) is 0 Å². The molecule has 0 aromatic rings. The highest BCUT2D eigenvalue weighted by Gasteiger charge is 2.47. The lowest BCUT2D eigenvalue weighted by atomic mass is 9.81. The highest BCUT2D eigenvalue weighted by Crippen LogP contribution is 2.37. The molecule has 90 valence electrons. The molecule has 0 spiro atoms. The van der Waals surface area contributed by atoms with Gasteiger partial charge in [0.2, 0.25) is 11.8 Å². The third-order valence-corrected chi connectivity index (χ3v) is 3.97. The number of hydrogen-bond donors (Lipinski definition) is 0. The SMILES string of the molecule is O=C1C2CCCCC2C(=O)N1CCCCCl. The molecule has 1 saturated carbocycles. The number of likely N-dealkylation sites (tertiary alicyclic amines) is 1. The Morgan fingerprint density at radius 1 is 1.06 bits per heavy atom. The van der Waals surface area contributed by atoms with Gasteiger partial charge in [-0.1, -0.05) is 12.8 Å². The molecule has 2 rings (SSSR count). The number of amides is 2. The average Bonchev–Trinajstić information content (AvgIpc) is 2.55. The summed E-state index contributed by atoms with van der Waals surface area (Å²) in [5, 5.41) is 0. The summed E-state index contributed by atoms with van der Waals surface area (Å²) in [7, 11) is 0. The second kappa shape index (κ2) is 5.17. The van der Waals surface area contributed by atoms with Crippen molar-refractivity contribution in [1.82, 2.24) is 4.90 Å². The minimum Gasteiger partial charge on any atom is -0.282 e. The van der Waals surface area contributed by atoms with Gasteiger partial charge in [-0.05, 0) is 25.7 Å². The summed E-state index contributed by atoms with van der Waals surface area (Å²) in [6.07, 6.45) is 5.70. The zero-order valence-corrected chi connectivity index (χ0v) is 10.2. The van der Waals surface area contributed by atoms with Crippen molar-refractivity contribution in [3.05, 3.63) is 0 Å². The van der Waals surface area contributed by atoms with Gasteiger partial charge in [-0.25, -0.2) is 0 Å². The second-order valence-corrected chi connectivity index (χ2v) is 5.10. The topological polar surface area (TPSA) is 37.4 Å². The number of carbonyl (C=O) groups is 2. The summed E-state index contributed by atoms with van der Waals surface area (Å²) < 4.78 is 0. The number of alkyl halides is 1. The number of nitrogens with zero attached hydrogens (tertiary/aromatic N) is 1. The van der Waals surface area contributed by atoms with E-state index in [0.717, 1.165) is 38.5 Å². The first-order chi connectivity index (χ1) is 7.75. The second-order valence-electron chi connectivity index (χ2n) is 4.72. The Morgan fingerprint density at radius 3 is 2.12 bits per heavy atom. The molecule has 0 N–H and O–H groups in total. The van der Waals surface area contributed by atoms with Crippen LogP contribution < -0.4 is 0 Å². The Hall–Kier alpha value is -0.570. The van der Waals surface area contributed by atoms with Crippen molar-refractivity contribution in [2.45, 2.75) is 38.5 Å². The summed E-state index contributed by atoms with van der Waals surface area (Å²) in [4.78, 5) is 25.5. The van der Waals surface area contributed by atoms with Crippen LogP contribution in [-0.4, -0.2) is 29.1 Å². The molecule has 2 unspecified atom stereocenters. The first-order valence-electron chi connectivity index (χ1n) is 6.17. The molecule has 16 heavy (non-hydrogen) atoms. The van der Waals surface area contributed by atoms with Crippen LogP contribution in [-0.2, 0) is 9.59 Å². The Labute approximate surface area is 101 Å². The van der Waals surface area contributed by atoms with Crippen molar-refractivity contribution in [2.75, 3.05) is 12.4 Å². The van der Waals surface area contributed by atoms with Crippen LogP contribution >= 0.6 is 11.6 Å². The molecule has 1 saturated heterocycles. The standard InChI is InChI=1S/C12H18ClNO2/c13-7-3-4-8-14-11(15)9-5-1-2-6-10(9)12(14)16/h9-10H,1-8H2. The predicted octanol–water partition coefficient (Wildman–Crippen LogP) is 2.18. The van der Waals surface area contributed by atoms with E-state index in [-0.39, 0.29) is 23.7 Å². The van der Waals surface area contributed by atoms with Gasteiger partial charge in [0.15, 0.2) is 0 Å². The van der Waals surface area contributed by atoms with Gasteiger partial charge in [0.05, 0.1) is 11.8 Å². The monoisotopic (exact) mass is 243 g/mol. The number of rotatable bonds is 4. The van der Waals surface area contributed by atoms with Gasteiger partial charge in [0.1, 0.15) is 0 Å². The molecule has 2 aliphatic rings. The predicted molar refractivity (Wildman–Crippen MR) is 62.1 cm³/mol. The molecule has 0 bridgehead atoms. The Kier molecular flexibility index (Phi) is 3.85. The van der Waals surface area contributed by atoms with Gasteiger partial charge in [-0.15, -0.1) is 11.6 Å². The van der Waals surface area contributed by atoms with E-state index in [1.165, 1.54) is 4.90 Å². The van der Waals surface area contributed by atoms with E-state index in [2.05, 4.69) is 0 Å². The number of halogens is 1. The van der Waals surface area contributed by atoms with Gasteiger partial charge >= 0.3 is 0 Å². The molecule has 3 nitrogen and oxygen atoms in total. The third-order valence-electron chi connectivity index (χ3n) is 3.70. The van der Waals surface area contributed by atoms with Gasteiger partial charge in [0, 0.05) is 12.4 Å². The summed E-state index contributed by atoms with van der Waals surface area (Å²) >= 11 is 5.59. The minimum atomic E-state index is -0.00254. The number of imide groups is 1. The molecule has 4 heteroatoms. The van der Waals surface area contributed by atoms with E-state index >= 15 is 0 Å². The molecule has 1 heterocycles. The third kappa shape index (κ3) is 2.10. The van der Waals surface area contributed by atoms with E-state index in [1.54, 1.807) is 0 Å². The summed E-state index contributed by atoms with van der Waals surface area (Å²) in [5.74, 6) is 0.742. The van der Waals surface area contributed by atoms with Crippen LogP contribution in [0.2, 0.25) is 0 Å². The van der Waals surface area contributed by atoms with Crippen LogP contribution in [0.15, 0.2) is 0 Å². The van der Waals surface area contributed by atoms with Crippen molar-refractivity contribution in [1.29, 1.82) is 0 Å². The lowest BCUT2D eigenvalue weighted by Crippen LogP contribution is -2.32. The molecule has 1 aliphatic heterocycles. The maximum absolute atomic E-state index is 12.0. The van der Waals surface area contributed by atoms with Crippen LogP contribution in [0, 0.1) is 11.8 Å². The summed E-state index contributed by atoms with van der Waals surface area (Å²) in [6, 6.07) is 0. The lowest BCUT2D eigenvalue weighted by molar-refractivity contribution is -0.139. The van der Waals surface area contributed by atoms with Crippen LogP contribution in [0.4, 0.5) is 0 Å². The van der Waals surface area contributed by atoms with Crippen molar-refractivity contribution in [2.24, 2.45) is 11.8 Å². The fourth-order valence-electron chi connectivity index (χ4n) is 2.82. The summed E-state index contributed by atoms with van der Waals surface area (Å²) in [5.41, 5.74) is 0. The van der Waals surface area contributed by atoms with Crippen LogP contribution in [0.25, 0.3) is 0 Å². The number of unbranched alkanes of at least 4 members (excludes halogenated alkanes) is 1. The van der Waals surface area contributed by atoms with E-state index in [4.69, 9.17) is 11.6 Å². The van der Waals surface area contributed by atoms with Gasteiger partial charge in [-0.3, -0.25) is 14.5 Å². The van der Waals surface area contributed by atoms with E-state index in [0.29, 0.717) is 12.4 Å². The molecule has 0 aromatic heterocycles. The minimum absolute atomic E-state index is 0.00254. The Bertz CT molecular complexity index is 269. The largest absolute Gasteiger partial charge is 0.282 e. The lowest BCUT2D eigenvalue weighted by Gasteiger charge is -2.19. The van der Waals surface area contributed by atoms with Gasteiger partial charge in [-0.2, -0.15) is 0 Å². The molecule has 0 radical (unpaired) electrons.